The van der Waals surface area contributed by atoms with Crippen LogP contribution in [0.2, 0.25) is 0 Å². The zero-order chi connectivity index (χ0) is 14.7. The second-order valence-corrected chi connectivity index (χ2v) is 4.87. The van der Waals surface area contributed by atoms with Crippen molar-refractivity contribution in [2.75, 3.05) is 7.11 Å². The molecule has 0 radical (unpaired) electrons. The third-order valence-electron chi connectivity index (χ3n) is 3.00. The summed E-state index contributed by atoms with van der Waals surface area (Å²) in [7, 11) is 1.34. The normalized spacial score (nSPS) is 10.8. The Morgan fingerprint density at radius 3 is 2.65 bits per heavy atom. The van der Waals surface area contributed by atoms with Gasteiger partial charge in [-0.2, -0.15) is 0 Å². The van der Waals surface area contributed by atoms with Crippen LogP contribution in [-0.4, -0.2) is 24.2 Å². The molecule has 0 aliphatic rings. The van der Waals surface area contributed by atoms with Crippen LogP contribution in [0.3, 0.4) is 0 Å². The number of aryl methyl sites for hydroxylation is 1. The van der Waals surface area contributed by atoms with E-state index in [0.717, 1.165) is 17.3 Å². The predicted molar refractivity (Wildman–Crippen MR) is 78.2 cm³/mol. The standard InChI is InChI=1S/C16H19NO3/c1-5-11-6-7-13-12(8-11)15(20-10(2)3)9-14(17-13)16(18)19-4/h6-10H,5H2,1-4H3. The van der Waals surface area contributed by atoms with Gasteiger partial charge in [-0.1, -0.05) is 13.0 Å². The molecule has 0 aliphatic carbocycles. The molecule has 20 heavy (non-hydrogen) atoms. The summed E-state index contributed by atoms with van der Waals surface area (Å²) in [5, 5.41) is 0.922. The third-order valence-corrected chi connectivity index (χ3v) is 3.00. The van der Waals surface area contributed by atoms with Crippen LogP contribution in [0, 0.1) is 0 Å². The highest BCUT2D eigenvalue weighted by Crippen LogP contribution is 2.28. The third kappa shape index (κ3) is 2.90. The van der Waals surface area contributed by atoms with Crippen molar-refractivity contribution in [3.05, 3.63) is 35.5 Å². The number of fused-ring (bicyclic) bond motifs is 1. The van der Waals surface area contributed by atoms with Crippen molar-refractivity contribution >= 4 is 16.9 Å². The molecule has 0 saturated heterocycles. The lowest BCUT2D eigenvalue weighted by Gasteiger charge is -2.14. The maximum Gasteiger partial charge on any atom is 0.356 e. The van der Waals surface area contributed by atoms with Gasteiger partial charge in [0.2, 0.25) is 0 Å². The Kier molecular flexibility index (Phi) is 4.23. The van der Waals surface area contributed by atoms with Gasteiger partial charge in [-0.3, -0.25) is 0 Å². The van der Waals surface area contributed by atoms with E-state index in [0.29, 0.717) is 5.75 Å². The zero-order valence-electron chi connectivity index (χ0n) is 12.3. The molecular weight excluding hydrogens is 254 g/mol. The quantitative estimate of drug-likeness (QED) is 0.801. The van der Waals surface area contributed by atoms with Crippen molar-refractivity contribution in [1.29, 1.82) is 0 Å². The van der Waals surface area contributed by atoms with Gasteiger partial charge in [-0.05, 0) is 38.0 Å². The van der Waals surface area contributed by atoms with E-state index >= 15 is 0 Å². The lowest BCUT2D eigenvalue weighted by Crippen LogP contribution is -2.09. The van der Waals surface area contributed by atoms with E-state index in [4.69, 9.17) is 9.47 Å². The molecule has 4 nitrogen and oxygen atoms in total. The molecule has 0 atom stereocenters. The van der Waals surface area contributed by atoms with Crippen molar-refractivity contribution in [1.82, 2.24) is 4.98 Å². The van der Waals surface area contributed by atoms with Crippen molar-refractivity contribution < 1.29 is 14.3 Å². The number of rotatable bonds is 4. The van der Waals surface area contributed by atoms with Gasteiger partial charge in [0.05, 0.1) is 18.7 Å². The van der Waals surface area contributed by atoms with Gasteiger partial charge in [0, 0.05) is 11.5 Å². The van der Waals surface area contributed by atoms with Crippen molar-refractivity contribution in [2.24, 2.45) is 0 Å². The summed E-state index contributed by atoms with van der Waals surface area (Å²) in [6, 6.07) is 7.62. The van der Waals surface area contributed by atoms with Gasteiger partial charge in [0.1, 0.15) is 5.75 Å². The lowest BCUT2D eigenvalue weighted by molar-refractivity contribution is 0.0593. The highest BCUT2D eigenvalue weighted by molar-refractivity contribution is 5.94. The number of aromatic nitrogens is 1. The van der Waals surface area contributed by atoms with Gasteiger partial charge in [-0.15, -0.1) is 0 Å². The smallest absolute Gasteiger partial charge is 0.356 e. The van der Waals surface area contributed by atoms with E-state index in [2.05, 4.69) is 18.0 Å². The van der Waals surface area contributed by atoms with Crippen LogP contribution in [0.5, 0.6) is 5.75 Å². The molecule has 0 spiro atoms. The lowest BCUT2D eigenvalue weighted by atomic mass is 10.1. The molecule has 2 rings (SSSR count). The van der Waals surface area contributed by atoms with Crippen LogP contribution in [0.1, 0.15) is 36.8 Å². The average molecular weight is 273 g/mol. The predicted octanol–water partition coefficient (Wildman–Crippen LogP) is 3.37. The van der Waals surface area contributed by atoms with Crippen LogP contribution in [-0.2, 0) is 11.2 Å². The monoisotopic (exact) mass is 273 g/mol. The fourth-order valence-electron chi connectivity index (χ4n) is 2.02. The first-order chi connectivity index (χ1) is 9.55. The van der Waals surface area contributed by atoms with Crippen LogP contribution < -0.4 is 4.74 Å². The Hall–Kier alpha value is -2.10. The molecule has 1 aromatic heterocycles. The van der Waals surface area contributed by atoms with Crippen LogP contribution in [0.25, 0.3) is 10.9 Å². The molecule has 4 heteroatoms. The second-order valence-electron chi connectivity index (χ2n) is 4.87. The van der Waals surface area contributed by atoms with Crippen molar-refractivity contribution in [3.8, 4) is 5.75 Å². The molecule has 0 fully saturated rings. The Morgan fingerprint density at radius 1 is 1.30 bits per heavy atom. The molecular formula is C16H19NO3. The number of hydrogen-bond acceptors (Lipinski definition) is 4. The molecule has 0 aliphatic heterocycles. The number of benzene rings is 1. The number of carbonyl (C=O) groups is 1. The summed E-state index contributed by atoms with van der Waals surface area (Å²) in [6.45, 7) is 6.00. The summed E-state index contributed by atoms with van der Waals surface area (Å²) in [4.78, 5) is 16.0. The fraction of sp³-hybridized carbons (Fsp3) is 0.375. The van der Waals surface area contributed by atoms with E-state index in [9.17, 15) is 4.79 Å². The van der Waals surface area contributed by atoms with Gasteiger partial charge < -0.3 is 9.47 Å². The number of carbonyl (C=O) groups excluding carboxylic acids is 1. The molecule has 0 N–H and O–H groups in total. The minimum Gasteiger partial charge on any atom is -0.490 e. The molecule has 0 unspecified atom stereocenters. The summed E-state index contributed by atoms with van der Waals surface area (Å²) in [6.07, 6.45) is 0.965. The van der Waals surface area contributed by atoms with Crippen LogP contribution >= 0.6 is 0 Å². The molecule has 2 aromatic rings. The second kappa shape index (κ2) is 5.90. The van der Waals surface area contributed by atoms with E-state index in [-0.39, 0.29) is 11.8 Å². The van der Waals surface area contributed by atoms with E-state index in [1.165, 1.54) is 12.7 Å². The van der Waals surface area contributed by atoms with Gasteiger partial charge >= 0.3 is 5.97 Å². The number of methoxy groups -OCH3 is 1. The Balaban J connectivity index is 2.64. The Bertz CT molecular complexity index is 635. The van der Waals surface area contributed by atoms with Gasteiger partial charge in [0.25, 0.3) is 0 Å². The zero-order valence-corrected chi connectivity index (χ0v) is 12.3. The number of esters is 1. The highest BCUT2D eigenvalue weighted by Gasteiger charge is 2.14. The number of pyridine rings is 1. The van der Waals surface area contributed by atoms with Crippen molar-refractivity contribution in [2.45, 2.75) is 33.3 Å². The number of ether oxygens (including phenoxy) is 2. The summed E-state index contributed by atoms with van der Waals surface area (Å²) in [5.74, 6) is 0.209. The minimum atomic E-state index is -0.458. The Morgan fingerprint density at radius 2 is 2.05 bits per heavy atom. The molecule has 106 valence electrons. The topological polar surface area (TPSA) is 48.4 Å². The molecule has 0 amide bonds. The van der Waals surface area contributed by atoms with Gasteiger partial charge in [-0.25, -0.2) is 9.78 Å². The minimum absolute atomic E-state index is 0.0244. The summed E-state index contributed by atoms with van der Waals surface area (Å²) < 4.78 is 10.5. The maximum atomic E-state index is 11.7. The van der Waals surface area contributed by atoms with E-state index in [1.807, 2.05) is 26.0 Å². The molecule has 0 saturated carbocycles. The first-order valence-electron chi connectivity index (χ1n) is 6.73. The molecule has 1 aromatic carbocycles. The summed E-state index contributed by atoms with van der Waals surface area (Å²) in [5.41, 5.74) is 2.21. The first-order valence-corrected chi connectivity index (χ1v) is 6.73. The molecule has 1 heterocycles. The van der Waals surface area contributed by atoms with Crippen molar-refractivity contribution in [3.63, 3.8) is 0 Å². The van der Waals surface area contributed by atoms with E-state index in [1.54, 1.807) is 6.07 Å². The van der Waals surface area contributed by atoms with Gasteiger partial charge in [0.15, 0.2) is 5.69 Å². The SMILES string of the molecule is CCc1ccc2nc(C(=O)OC)cc(OC(C)C)c2c1. The van der Waals surface area contributed by atoms with Crippen LogP contribution in [0.15, 0.2) is 24.3 Å². The maximum absolute atomic E-state index is 11.7. The summed E-state index contributed by atoms with van der Waals surface area (Å²) >= 11 is 0. The molecule has 0 bridgehead atoms. The first kappa shape index (κ1) is 14.3. The average Bonchev–Trinajstić information content (AvgIpc) is 2.45. The van der Waals surface area contributed by atoms with Crippen LogP contribution in [0.4, 0.5) is 0 Å². The number of hydrogen-bond donors (Lipinski definition) is 0. The van der Waals surface area contributed by atoms with E-state index < -0.39 is 5.97 Å². The largest absolute Gasteiger partial charge is 0.490 e. The number of nitrogens with zero attached hydrogens (tertiary/aromatic N) is 1. The fourth-order valence-corrected chi connectivity index (χ4v) is 2.02. The highest BCUT2D eigenvalue weighted by atomic mass is 16.5. The Labute approximate surface area is 118 Å².